The van der Waals surface area contributed by atoms with Crippen LogP contribution < -0.4 is 10.5 Å². The van der Waals surface area contributed by atoms with E-state index in [0.717, 1.165) is 18.4 Å². The molecule has 1 saturated heterocycles. The topological polar surface area (TPSA) is 105 Å². The number of likely N-dealkylation sites (tertiary alicyclic amines) is 1. The molecule has 4 N–H and O–H groups in total. The van der Waals surface area contributed by atoms with E-state index in [4.69, 9.17) is 15.2 Å². The number of hydrogen-bond acceptors (Lipinski definition) is 6. The first-order valence-electron chi connectivity index (χ1n) is 13.7. The fourth-order valence-corrected chi connectivity index (χ4v) is 6.02. The van der Waals surface area contributed by atoms with E-state index >= 15 is 4.39 Å². The van der Waals surface area contributed by atoms with E-state index in [9.17, 15) is 15.0 Å². The van der Waals surface area contributed by atoms with Crippen molar-refractivity contribution in [1.29, 1.82) is 0 Å². The molecular weight excluding hydrogens is 487 g/mol. The number of methoxy groups -OCH3 is 1. The Bertz CT molecular complexity index is 1090. The van der Waals surface area contributed by atoms with Crippen LogP contribution in [0.1, 0.15) is 56.1 Å². The predicted molar refractivity (Wildman–Crippen MR) is 143 cm³/mol. The zero-order valence-electron chi connectivity index (χ0n) is 22.4. The van der Waals surface area contributed by atoms with Crippen molar-refractivity contribution in [3.05, 3.63) is 59.4 Å². The van der Waals surface area contributed by atoms with Gasteiger partial charge in [0.2, 0.25) is 5.91 Å². The summed E-state index contributed by atoms with van der Waals surface area (Å²) in [5, 5.41) is 22.5. The van der Waals surface area contributed by atoms with Gasteiger partial charge in [-0.1, -0.05) is 24.3 Å². The monoisotopic (exact) mass is 528 g/mol. The number of nitrogens with two attached hydrogens (primary N) is 1. The molecule has 2 fully saturated rings. The number of carbonyl (C=O) groups is 1. The van der Waals surface area contributed by atoms with Gasteiger partial charge in [0, 0.05) is 50.2 Å². The van der Waals surface area contributed by atoms with E-state index in [0.29, 0.717) is 63.1 Å². The zero-order chi connectivity index (χ0) is 27.3. The SMILES string of the molecule is COCCCCC(O)(c1cccc(F)c1Oc1cccc(C)c1)C1CCCN(C(=O)C2CC(N)C(O)C2)C1. The Kier molecular flexibility index (Phi) is 9.41. The van der Waals surface area contributed by atoms with Crippen LogP contribution in [0.4, 0.5) is 4.39 Å². The lowest BCUT2D eigenvalue weighted by atomic mass is 9.73. The summed E-state index contributed by atoms with van der Waals surface area (Å²) in [6, 6.07) is 11.7. The van der Waals surface area contributed by atoms with Crippen LogP contribution in [0.15, 0.2) is 42.5 Å². The molecule has 2 aromatic rings. The summed E-state index contributed by atoms with van der Waals surface area (Å²) in [5.74, 6) is -0.696. The molecule has 0 spiro atoms. The number of aryl methyl sites for hydroxylation is 1. The Morgan fingerprint density at radius 2 is 2.00 bits per heavy atom. The van der Waals surface area contributed by atoms with E-state index in [2.05, 4.69) is 0 Å². The average molecular weight is 529 g/mol. The summed E-state index contributed by atoms with van der Waals surface area (Å²) in [7, 11) is 1.64. The van der Waals surface area contributed by atoms with Crippen LogP contribution in [-0.4, -0.2) is 60.0 Å². The molecule has 5 atom stereocenters. The number of para-hydroxylation sites is 1. The molecule has 0 radical (unpaired) electrons. The highest BCUT2D eigenvalue weighted by atomic mass is 19.1. The number of carbonyl (C=O) groups excluding carboxylic acids is 1. The molecule has 2 aliphatic rings. The van der Waals surface area contributed by atoms with Crippen LogP contribution >= 0.6 is 0 Å². The normalized spacial score (nSPS) is 25.3. The minimum Gasteiger partial charge on any atom is -0.454 e. The van der Waals surface area contributed by atoms with E-state index in [1.54, 1.807) is 30.2 Å². The summed E-state index contributed by atoms with van der Waals surface area (Å²) in [6.07, 6.45) is 3.36. The van der Waals surface area contributed by atoms with Crippen LogP contribution in [0.2, 0.25) is 0 Å². The fraction of sp³-hybridized carbons (Fsp3) is 0.567. The second-order valence-electron chi connectivity index (χ2n) is 10.9. The van der Waals surface area contributed by atoms with Crippen molar-refractivity contribution in [2.75, 3.05) is 26.8 Å². The van der Waals surface area contributed by atoms with E-state index in [1.165, 1.54) is 6.07 Å². The minimum absolute atomic E-state index is 0.0145. The molecule has 4 rings (SSSR count). The van der Waals surface area contributed by atoms with Crippen molar-refractivity contribution in [3.8, 4) is 11.5 Å². The number of nitrogens with zero attached hydrogens (tertiary/aromatic N) is 1. The van der Waals surface area contributed by atoms with E-state index in [-0.39, 0.29) is 23.5 Å². The molecule has 1 saturated carbocycles. The Morgan fingerprint density at radius 1 is 1.21 bits per heavy atom. The number of amides is 1. The number of ether oxygens (including phenoxy) is 2. The lowest BCUT2D eigenvalue weighted by Crippen LogP contribution is -2.49. The molecule has 1 aliphatic heterocycles. The summed E-state index contributed by atoms with van der Waals surface area (Å²) < 4.78 is 26.6. The van der Waals surface area contributed by atoms with Gasteiger partial charge in [-0.3, -0.25) is 4.79 Å². The Balaban J connectivity index is 1.64. The molecule has 0 aromatic heterocycles. The molecule has 1 heterocycles. The standard InChI is InChI=1S/C30H41FN2O5/c1-20-8-5-10-23(16-20)38-28-24(11-6-12-25(28)31)30(36,13-3-4-15-37-2)22-9-7-14-33(19-22)29(35)21-17-26(32)27(34)18-21/h5-6,8,10-12,16,21-22,26-27,34,36H,3-4,7,9,13-15,17-19,32H2,1-2H3. The molecule has 2 aromatic carbocycles. The first-order valence-corrected chi connectivity index (χ1v) is 13.7. The first kappa shape index (κ1) is 28.5. The summed E-state index contributed by atoms with van der Waals surface area (Å²) in [6.45, 7) is 3.44. The van der Waals surface area contributed by atoms with Crippen molar-refractivity contribution in [2.45, 2.75) is 69.6 Å². The molecule has 5 unspecified atom stereocenters. The van der Waals surface area contributed by atoms with Gasteiger partial charge >= 0.3 is 0 Å². The van der Waals surface area contributed by atoms with Crippen LogP contribution in [0, 0.1) is 24.6 Å². The maximum absolute atomic E-state index is 15.3. The number of benzene rings is 2. The molecule has 1 aliphatic carbocycles. The highest BCUT2D eigenvalue weighted by Gasteiger charge is 2.45. The Morgan fingerprint density at radius 3 is 2.71 bits per heavy atom. The molecular formula is C30H41FN2O5. The van der Waals surface area contributed by atoms with Gasteiger partial charge in [-0.05, 0) is 75.6 Å². The third kappa shape index (κ3) is 6.37. The second-order valence-corrected chi connectivity index (χ2v) is 10.9. The largest absolute Gasteiger partial charge is 0.454 e. The van der Waals surface area contributed by atoms with Gasteiger partial charge in [0.25, 0.3) is 0 Å². The quantitative estimate of drug-likeness (QED) is 0.398. The molecule has 1 amide bonds. The van der Waals surface area contributed by atoms with Gasteiger partial charge in [-0.2, -0.15) is 0 Å². The number of unbranched alkanes of at least 4 members (excludes halogenated alkanes) is 1. The highest BCUT2D eigenvalue weighted by molar-refractivity contribution is 5.79. The Labute approximate surface area is 224 Å². The van der Waals surface area contributed by atoms with Crippen LogP contribution in [0.25, 0.3) is 0 Å². The van der Waals surface area contributed by atoms with Crippen LogP contribution in [0.3, 0.4) is 0 Å². The summed E-state index contributed by atoms with van der Waals surface area (Å²) >= 11 is 0. The summed E-state index contributed by atoms with van der Waals surface area (Å²) in [4.78, 5) is 15.2. The molecule has 0 bridgehead atoms. The van der Waals surface area contributed by atoms with Gasteiger partial charge in [-0.25, -0.2) is 4.39 Å². The zero-order valence-corrected chi connectivity index (χ0v) is 22.4. The molecule has 7 nitrogen and oxygen atoms in total. The maximum atomic E-state index is 15.3. The van der Waals surface area contributed by atoms with Crippen molar-refractivity contribution in [2.24, 2.45) is 17.6 Å². The molecule has 208 valence electrons. The highest BCUT2D eigenvalue weighted by Crippen LogP contribution is 2.45. The fourth-order valence-electron chi connectivity index (χ4n) is 6.02. The van der Waals surface area contributed by atoms with Gasteiger partial charge in [-0.15, -0.1) is 0 Å². The van der Waals surface area contributed by atoms with Crippen molar-refractivity contribution < 1.29 is 28.9 Å². The molecule has 8 heteroatoms. The number of aliphatic hydroxyl groups excluding tert-OH is 1. The van der Waals surface area contributed by atoms with Gasteiger partial charge in [0.05, 0.1) is 11.7 Å². The predicted octanol–water partition coefficient (Wildman–Crippen LogP) is 4.27. The van der Waals surface area contributed by atoms with Crippen LogP contribution in [0.5, 0.6) is 11.5 Å². The maximum Gasteiger partial charge on any atom is 0.225 e. The first-order chi connectivity index (χ1) is 18.2. The third-order valence-electron chi connectivity index (χ3n) is 8.13. The second kappa shape index (κ2) is 12.6. The van der Waals surface area contributed by atoms with E-state index in [1.807, 2.05) is 25.1 Å². The van der Waals surface area contributed by atoms with Crippen molar-refractivity contribution >= 4 is 5.91 Å². The van der Waals surface area contributed by atoms with E-state index < -0.39 is 23.6 Å². The summed E-state index contributed by atoms with van der Waals surface area (Å²) in [5.41, 5.74) is 5.93. The number of rotatable bonds is 10. The lowest BCUT2D eigenvalue weighted by Gasteiger charge is -2.44. The van der Waals surface area contributed by atoms with Gasteiger partial charge in [0.1, 0.15) is 5.75 Å². The van der Waals surface area contributed by atoms with Crippen LogP contribution in [-0.2, 0) is 15.1 Å². The number of aliphatic hydroxyl groups is 2. The van der Waals surface area contributed by atoms with Gasteiger partial charge < -0.3 is 30.3 Å². The minimum atomic E-state index is -1.42. The van der Waals surface area contributed by atoms with Gasteiger partial charge in [0.15, 0.2) is 11.6 Å². The molecule has 38 heavy (non-hydrogen) atoms. The number of piperidine rings is 1. The van der Waals surface area contributed by atoms with Crippen molar-refractivity contribution in [1.82, 2.24) is 4.90 Å². The lowest BCUT2D eigenvalue weighted by molar-refractivity contribution is -0.141. The van der Waals surface area contributed by atoms with Crippen molar-refractivity contribution in [3.63, 3.8) is 0 Å². The average Bonchev–Trinajstić information content (AvgIpc) is 3.25. The number of halogens is 1. The number of hydrogen-bond donors (Lipinski definition) is 3. The third-order valence-corrected chi connectivity index (χ3v) is 8.13. The Hall–Kier alpha value is -2.52. The smallest absolute Gasteiger partial charge is 0.225 e.